The van der Waals surface area contributed by atoms with Gasteiger partial charge < -0.3 is 9.64 Å². The van der Waals surface area contributed by atoms with E-state index >= 15 is 0 Å². The maximum Gasteiger partial charge on any atom is 0.227 e. The fourth-order valence-electron chi connectivity index (χ4n) is 6.59. The van der Waals surface area contributed by atoms with Crippen LogP contribution in [0.2, 0.25) is 0 Å². The highest BCUT2D eigenvalue weighted by Gasteiger charge is 2.43. The lowest BCUT2D eigenvalue weighted by molar-refractivity contribution is -0.133. The van der Waals surface area contributed by atoms with E-state index in [4.69, 9.17) is 4.74 Å². The second-order valence-electron chi connectivity index (χ2n) is 12.4. The Morgan fingerprint density at radius 3 is 2.45 bits per heavy atom. The first kappa shape index (κ1) is 29.9. The number of hydrogen-bond donors (Lipinski definition) is 0. The lowest BCUT2D eigenvalue weighted by atomic mass is 9.72. The van der Waals surface area contributed by atoms with Crippen LogP contribution in [-0.4, -0.2) is 73.8 Å². The van der Waals surface area contributed by atoms with E-state index in [1.807, 2.05) is 28.6 Å². The highest BCUT2D eigenvalue weighted by atomic mass is 19.1. The molecule has 0 N–H and O–H groups in total. The van der Waals surface area contributed by atoms with Gasteiger partial charge >= 0.3 is 0 Å². The van der Waals surface area contributed by atoms with Gasteiger partial charge in [-0.25, -0.2) is 18.1 Å². The van der Waals surface area contributed by atoms with Gasteiger partial charge in [-0.1, -0.05) is 17.3 Å². The monoisotopic (exact) mass is 603 g/mol. The van der Waals surface area contributed by atoms with Crippen molar-refractivity contribution in [3.8, 4) is 11.4 Å². The molecule has 6 rings (SSSR count). The number of benzene rings is 2. The zero-order chi connectivity index (χ0) is 31.2. The van der Waals surface area contributed by atoms with E-state index in [1.165, 1.54) is 22.4 Å². The number of carbonyl (C=O) groups excluding carboxylic acids is 1. The summed E-state index contributed by atoms with van der Waals surface area (Å²) >= 11 is 0. The molecule has 1 amide bonds. The lowest BCUT2D eigenvalue weighted by Crippen LogP contribution is -2.55. The summed E-state index contributed by atoms with van der Waals surface area (Å²) in [6, 6.07) is 11.6. The van der Waals surface area contributed by atoms with Gasteiger partial charge in [-0.05, 0) is 76.8 Å². The Kier molecular flexibility index (Phi) is 7.77. The van der Waals surface area contributed by atoms with Crippen molar-refractivity contribution in [2.45, 2.75) is 64.5 Å². The molecule has 0 unspecified atom stereocenters. The van der Waals surface area contributed by atoms with Crippen LogP contribution in [0.3, 0.4) is 0 Å². The van der Waals surface area contributed by atoms with E-state index in [9.17, 15) is 13.6 Å². The molecule has 0 bridgehead atoms. The van der Waals surface area contributed by atoms with Gasteiger partial charge in [0.2, 0.25) is 5.91 Å². The van der Waals surface area contributed by atoms with Crippen molar-refractivity contribution in [2.75, 3.05) is 33.3 Å². The first-order valence-electron chi connectivity index (χ1n) is 15.1. The van der Waals surface area contributed by atoms with Crippen LogP contribution >= 0.6 is 0 Å². The highest BCUT2D eigenvalue weighted by molar-refractivity contribution is 5.79. The van der Waals surface area contributed by atoms with Crippen molar-refractivity contribution >= 4 is 5.91 Å². The summed E-state index contributed by atoms with van der Waals surface area (Å²) < 4.78 is 36.9. The quantitative estimate of drug-likeness (QED) is 0.285. The van der Waals surface area contributed by atoms with Gasteiger partial charge in [0.25, 0.3) is 0 Å². The van der Waals surface area contributed by atoms with Crippen LogP contribution in [0, 0.1) is 25.5 Å². The van der Waals surface area contributed by atoms with E-state index < -0.39 is 11.6 Å². The molecule has 1 saturated carbocycles. The van der Waals surface area contributed by atoms with Gasteiger partial charge in [-0.2, -0.15) is 5.10 Å². The fraction of sp³-hybridized carbons (Fsp3) is 0.455. The summed E-state index contributed by atoms with van der Waals surface area (Å²) in [6.45, 7) is 10.5. The lowest BCUT2D eigenvalue weighted by Gasteiger charge is -2.43. The van der Waals surface area contributed by atoms with Gasteiger partial charge in [0.1, 0.15) is 22.9 Å². The van der Waals surface area contributed by atoms with Gasteiger partial charge in [0.05, 0.1) is 36.5 Å². The predicted molar refractivity (Wildman–Crippen MR) is 162 cm³/mol. The third-order valence-corrected chi connectivity index (χ3v) is 9.68. The van der Waals surface area contributed by atoms with E-state index in [0.29, 0.717) is 37.6 Å². The van der Waals surface area contributed by atoms with Crippen LogP contribution in [0.15, 0.2) is 48.7 Å². The number of nitrogens with zero attached hydrogens (tertiary/aromatic N) is 7. The van der Waals surface area contributed by atoms with Crippen molar-refractivity contribution < 1.29 is 18.3 Å². The van der Waals surface area contributed by atoms with Gasteiger partial charge in [-0.3, -0.25) is 9.69 Å². The average Bonchev–Trinajstić information content (AvgIpc) is 3.59. The molecule has 1 aliphatic carbocycles. The molecule has 0 spiro atoms. The molecular formula is C33H39F2N7O2. The fourth-order valence-corrected chi connectivity index (χ4v) is 6.59. The van der Waals surface area contributed by atoms with Crippen LogP contribution in [-0.2, 0) is 22.3 Å². The summed E-state index contributed by atoms with van der Waals surface area (Å²) in [6.07, 6.45) is 5.39. The molecule has 2 aliphatic rings. The van der Waals surface area contributed by atoms with Gasteiger partial charge in [-0.15, -0.1) is 5.10 Å². The molecule has 0 radical (unpaired) electrons. The van der Waals surface area contributed by atoms with Crippen molar-refractivity contribution in [3.05, 3.63) is 88.5 Å². The van der Waals surface area contributed by atoms with Crippen molar-refractivity contribution in [3.63, 3.8) is 0 Å². The first-order valence-corrected chi connectivity index (χ1v) is 15.1. The minimum absolute atomic E-state index is 0.00365. The molecule has 3 heterocycles. The van der Waals surface area contributed by atoms with Gasteiger partial charge in [0.15, 0.2) is 5.82 Å². The largest absolute Gasteiger partial charge is 0.497 e. The number of piperazine rings is 1. The number of hydrogen-bond acceptors (Lipinski definition) is 6. The second kappa shape index (κ2) is 11.4. The number of amides is 1. The van der Waals surface area contributed by atoms with Crippen LogP contribution in [0.1, 0.15) is 61.3 Å². The van der Waals surface area contributed by atoms with Crippen molar-refractivity contribution in [2.24, 2.45) is 0 Å². The normalized spacial score (nSPS) is 17.0. The maximum atomic E-state index is 14.5. The number of methoxy groups -OCH3 is 1. The summed E-state index contributed by atoms with van der Waals surface area (Å²) in [5, 5.41) is 13.7. The topological polar surface area (TPSA) is 81.3 Å². The molecule has 2 fully saturated rings. The number of rotatable bonds is 8. The molecule has 2 aromatic heterocycles. The Balaban J connectivity index is 1.12. The third-order valence-electron chi connectivity index (χ3n) is 9.68. The number of aromatic nitrogens is 5. The summed E-state index contributed by atoms with van der Waals surface area (Å²) in [7, 11) is 1.68. The predicted octanol–water partition coefficient (Wildman–Crippen LogP) is 4.92. The van der Waals surface area contributed by atoms with Crippen molar-refractivity contribution in [1.82, 2.24) is 34.6 Å². The smallest absolute Gasteiger partial charge is 0.227 e. The second-order valence-corrected chi connectivity index (χ2v) is 12.4. The summed E-state index contributed by atoms with van der Waals surface area (Å²) in [5.74, 6) is -0.507. The van der Waals surface area contributed by atoms with Crippen LogP contribution in [0.5, 0.6) is 5.75 Å². The van der Waals surface area contributed by atoms with Gasteiger partial charge in [0, 0.05) is 43.5 Å². The molecule has 2 aromatic carbocycles. The number of ether oxygens (including phenoxy) is 1. The number of aryl methyl sites for hydroxylation is 1. The zero-order valence-electron chi connectivity index (χ0n) is 26.0. The molecular weight excluding hydrogens is 564 g/mol. The molecule has 1 aliphatic heterocycles. The molecule has 9 nitrogen and oxygen atoms in total. The average molecular weight is 604 g/mol. The molecule has 44 heavy (non-hydrogen) atoms. The SMILES string of the molecule is COc1cccc(C2(n3cc(C(C)(C)N4CCN(C(=O)Cc5c(C)nn(-c6ccc(F)cc6F)c5C)CC4)nn3)CCC2)c1. The van der Waals surface area contributed by atoms with Crippen LogP contribution < -0.4 is 4.74 Å². The van der Waals surface area contributed by atoms with Crippen LogP contribution in [0.4, 0.5) is 8.78 Å². The maximum absolute atomic E-state index is 14.5. The highest BCUT2D eigenvalue weighted by Crippen LogP contribution is 2.45. The van der Waals surface area contributed by atoms with Crippen LogP contribution in [0.25, 0.3) is 5.69 Å². The molecule has 11 heteroatoms. The molecule has 4 aromatic rings. The molecule has 1 saturated heterocycles. The van der Waals surface area contributed by atoms with Crippen molar-refractivity contribution in [1.29, 1.82) is 0 Å². The zero-order valence-corrected chi connectivity index (χ0v) is 26.0. The summed E-state index contributed by atoms with van der Waals surface area (Å²) in [5.41, 5.74) is 3.74. The Morgan fingerprint density at radius 2 is 1.80 bits per heavy atom. The molecule has 0 atom stereocenters. The van der Waals surface area contributed by atoms with E-state index in [2.05, 4.69) is 52.5 Å². The number of halogens is 2. The Hall–Kier alpha value is -4.12. The third kappa shape index (κ3) is 5.16. The number of carbonyl (C=O) groups is 1. The van der Waals surface area contributed by atoms with E-state index in [0.717, 1.165) is 42.3 Å². The van der Waals surface area contributed by atoms with E-state index in [-0.39, 0.29) is 29.1 Å². The Labute approximate surface area is 256 Å². The van der Waals surface area contributed by atoms with E-state index in [1.54, 1.807) is 14.0 Å². The molecule has 232 valence electrons. The summed E-state index contributed by atoms with van der Waals surface area (Å²) in [4.78, 5) is 17.6. The first-order chi connectivity index (χ1) is 21.0. The standard InChI is InChI=1S/C33H39F2N7O2/c1-22-27(23(2)42(37-22)29-11-10-25(34)19-28(29)35)20-31(43)39-14-16-40(17-15-39)32(3,4)30-21-41(38-36-30)33(12-7-13-33)24-8-6-9-26(18-24)44-5/h6,8-11,18-19,21H,7,12-17,20H2,1-5H3. The minimum Gasteiger partial charge on any atom is -0.497 e. The minimum atomic E-state index is -0.699. The Morgan fingerprint density at radius 1 is 1.05 bits per heavy atom. The Bertz CT molecular complexity index is 1680.